The Bertz CT molecular complexity index is 758. The van der Waals surface area contributed by atoms with Gasteiger partial charge in [-0.25, -0.2) is 8.78 Å². The van der Waals surface area contributed by atoms with E-state index < -0.39 is 43.3 Å². The summed E-state index contributed by atoms with van der Waals surface area (Å²) in [5.74, 6) is -4.01. The minimum Gasteiger partial charge on any atom is -0.343 e. The van der Waals surface area contributed by atoms with Crippen LogP contribution >= 0.6 is 0 Å². The quantitative estimate of drug-likeness (QED) is 0.817. The molecule has 3 rings (SSSR count). The van der Waals surface area contributed by atoms with Crippen LogP contribution in [0.15, 0.2) is 18.5 Å². The summed E-state index contributed by atoms with van der Waals surface area (Å²) in [5, 5.41) is 14.7. The van der Waals surface area contributed by atoms with Crippen LogP contribution in [0.2, 0.25) is 0 Å². The lowest BCUT2D eigenvalue weighted by atomic mass is 9.88. The fourth-order valence-electron chi connectivity index (χ4n) is 3.62. The van der Waals surface area contributed by atoms with Gasteiger partial charge < -0.3 is 15.5 Å². The van der Waals surface area contributed by atoms with Gasteiger partial charge in [0.1, 0.15) is 6.04 Å². The number of carbonyl (C=O) groups excluding carboxylic acids is 2. The number of halogens is 2. The maximum Gasteiger partial charge on any atom is 0.268 e. The minimum absolute atomic E-state index is 0.205. The molecule has 27 heavy (non-hydrogen) atoms. The third-order valence-corrected chi connectivity index (χ3v) is 5.01. The van der Waals surface area contributed by atoms with Gasteiger partial charge in [0.15, 0.2) is 0 Å². The Morgan fingerprint density at radius 2 is 2.15 bits per heavy atom. The smallest absolute Gasteiger partial charge is 0.268 e. The summed E-state index contributed by atoms with van der Waals surface area (Å²) < 4.78 is 26.9. The number of hydrogen-bond acceptors (Lipinski definition) is 5. The van der Waals surface area contributed by atoms with Crippen LogP contribution in [0.4, 0.5) is 8.78 Å². The first kappa shape index (κ1) is 19.2. The second kappa shape index (κ2) is 7.96. The first-order chi connectivity index (χ1) is 12.9. The molecule has 2 N–H and O–H groups in total. The number of likely N-dealkylation sites (tertiary alicyclic amines) is 1. The second-order valence-electron chi connectivity index (χ2n) is 6.90. The Balaban J connectivity index is 1.65. The molecule has 0 aromatic carbocycles. The Morgan fingerprint density at radius 3 is 2.85 bits per heavy atom. The zero-order valence-corrected chi connectivity index (χ0v) is 14.8. The summed E-state index contributed by atoms with van der Waals surface area (Å²) >= 11 is 0. The third-order valence-electron chi connectivity index (χ3n) is 5.01. The maximum atomic E-state index is 13.5. The Kier molecular flexibility index (Phi) is 5.65. The fraction of sp³-hybridized carbons (Fsp3) is 0.556. The van der Waals surface area contributed by atoms with Gasteiger partial charge in [0.05, 0.1) is 19.2 Å². The molecule has 0 saturated carbocycles. The van der Waals surface area contributed by atoms with Crippen molar-refractivity contribution in [3.63, 3.8) is 0 Å². The lowest BCUT2D eigenvalue weighted by Crippen LogP contribution is -2.43. The number of amides is 2. The number of nitriles is 1. The van der Waals surface area contributed by atoms with Crippen molar-refractivity contribution >= 4 is 11.8 Å². The lowest BCUT2D eigenvalue weighted by molar-refractivity contribution is -0.131. The number of rotatable bonds is 4. The van der Waals surface area contributed by atoms with E-state index in [0.29, 0.717) is 5.56 Å². The summed E-state index contributed by atoms with van der Waals surface area (Å²) in [6.45, 7) is 0.492. The number of aromatic nitrogens is 1. The lowest BCUT2D eigenvalue weighted by Gasteiger charge is -2.24. The monoisotopic (exact) mass is 377 g/mol. The largest absolute Gasteiger partial charge is 0.343 e. The zero-order chi connectivity index (χ0) is 19.4. The molecule has 9 heteroatoms. The molecule has 0 aliphatic carbocycles. The Morgan fingerprint density at radius 1 is 1.41 bits per heavy atom. The van der Waals surface area contributed by atoms with Gasteiger partial charge in [-0.1, -0.05) is 0 Å². The molecule has 2 saturated heterocycles. The van der Waals surface area contributed by atoms with Gasteiger partial charge in [0, 0.05) is 24.4 Å². The maximum absolute atomic E-state index is 13.5. The molecule has 144 valence electrons. The van der Waals surface area contributed by atoms with Crippen molar-refractivity contribution < 1.29 is 18.4 Å². The van der Waals surface area contributed by atoms with E-state index in [1.807, 2.05) is 0 Å². The van der Waals surface area contributed by atoms with E-state index in [9.17, 15) is 18.4 Å². The van der Waals surface area contributed by atoms with Gasteiger partial charge >= 0.3 is 0 Å². The van der Waals surface area contributed by atoms with Crippen LogP contribution in [-0.2, 0) is 4.79 Å². The van der Waals surface area contributed by atoms with Gasteiger partial charge in [0.25, 0.3) is 11.8 Å². The molecule has 0 unspecified atom stereocenters. The normalized spacial score (nSPS) is 22.3. The molecular formula is C18H21F2N5O2. The van der Waals surface area contributed by atoms with E-state index in [1.54, 1.807) is 18.3 Å². The van der Waals surface area contributed by atoms with Crippen LogP contribution in [0.5, 0.6) is 0 Å². The summed E-state index contributed by atoms with van der Waals surface area (Å²) in [6, 6.07) is 2.15. The molecular weight excluding hydrogens is 356 g/mol. The van der Waals surface area contributed by atoms with Crippen LogP contribution < -0.4 is 10.6 Å². The van der Waals surface area contributed by atoms with Crippen LogP contribution in [0.1, 0.15) is 41.1 Å². The van der Waals surface area contributed by atoms with Crippen molar-refractivity contribution in [3.05, 3.63) is 29.6 Å². The number of hydrogen-bond donors (Lipinski definition) is 2. The van der Waals surface area contributed by atoms with E-state index in [2.05, 4.69) is 15.6 Å². The highest BCUT2D eigenvalue weighted by molar-refractivity contribution is 5.97. The number of piperidine rings is 1. The Labute approximate surface area is 155 Å². The number of pyridine rings is 1. The van der Waals surface area contributed by atoms with Gasteiger partial charge in [0.2, 0.25) is 5.91 Å². The molecule has 1 aromatic rings. The average Bonchev–Trinajstić information content (AvgIpc) is 3.01. The van der Waals surface area contributed by atoms with Crippen molar-refractivity contribution in [3.8, 4) is 6.07 Å². The average molecular weight is 377 g/mol. The highest BCUT2D eigenvalue weighted by atomic mass is 19.3. The SMILES string of the molecule is N#C[C@@H]1CC(F)(F)CN1C(=O)CNC(=O)c1ccncc1C1CCNCC1. The standard InChI is InChI=1S/C18H21F2N5O2/c19-18(20)7-13(8-21)25(11-18)16(26)10-24-17(27)14-3-6-23-9-15(14)12-1-4-22-5-2-12/h3,6,9,12-13,22H,1-2,4-5,7,10-11H2,(H,24,27)/t13-/m0/s1. The molecule has 0 spiro atoms. The number of alkyl halides is 2. The molecule has 7 nitrogen and oxygen atoms in total. The van der Waals surface area contributed by atoms with Crippen LogP contribution in [0, 0.1) is 11.3 Å². The fourth-order valence-corrected chi connectivity index (χ4v) is 3.62. The van der Waals surface area contributed by atoms with Gasteiger partial charge in [-0.05, 0) is 43.5 Å². The molecule has 2 aliphatic rings. The van der Waals surface area contributed by atoms with Crippen molar-refractivity contribution in [2.24, 2.45) is 0 Å². The number of nitrogens with one attached hydrogen (secondary N) is 2. The first-order valence-corrected chi connectivity index (χ1v) is 8.91. The molecule has 0 bridgehead atoms. The summed E-state index contributed by atoms with van der Waals surface area (Å²) in [7, 11) is 0. The van der Waals surface area contributed by atoms with Crippen LogP contribution in [0.25, 0.3) is 0 Å². The third kappa shape index (κ3) is 4.39. The minimum atomic E-state index is -3.08. The molecule has 2 aliphatic heterocycles. The van der Waals surface area contributed by atoms with Crippen LogP contribution in [-0.4, -0.2) is 59.8 Å². The molecule has 1 atom stereocenters. The van der Waals surface area contributed by atoms with Crippen LogP contribution in [0.3, 0.4) is 0 Å². The second-order valence-corrected chi connectivity index (χ2v) is 6.90. The predicted octanol–water partition coefficient (Wildman–Crippen LogP) is 1.04. The van der Waals surface area contributed by atoms with E-state index >= 15 is 0 Å². The van der Waals surface area contributed by atoms with Crippen molar-refractivity contribution in [1.82, 2.24) is 20.5 Å². The highest BCUT2D eigenvalue weighted by Gasteiger charge is 2.47. The van der Waals surface area contributed by atoms with E-state index in [1.165, 1.54) is 6.20 Å². The van der Waals surface area contributed by atoms with Gasteiger partial charge in [-0.3, -0.25) is 14.6 Å². The molecule has 0 radical (unpaired) electrons. The molecule has 2 amide bonds. The van der Waals surface area contributed by atoms with E-state index in [-0.39, 0.29) is 5.92 Å². The molecule has 1 aromatic heterocycles. The Hall–Kier alpha value is -2.60. The highest BCUT2D eigenvalue weighted by Crippen LogP contribution is 2.31. The van der Waals surface area contributed by atoms with Gasteiger partial charge in [-0.2, -0.15) is 5.26 Å². The van der Waals surface area contributed by atoms with E-state index in [4.69, 9.17) is 5.26 Å². The molecule has 3 heterocycles. The molecule has 2 fully saturated rings. The van der Waals surface area contributed by atoms with E-state index in [0.717, 1.165) is 36.4 Å². The topological polar surface area (TPSA) is 98.1 Å². The summed E-state index contributed by atoms with van der Waals surface area (Å²) in [5.41, 5.74) is 1.26. The van der Waals surface area contributed by atoms with Crippen molar-refractivity contribution in [1.29, 1.82) is 5.26 Å². The van der Waals surface area contributed by atoms with Gasteiger partial charge in [-0.15, -0.1) is 0 Å². The van der Waals surface area contributed by atoms with Crippen molar-refractivity contribution in [2.45, 2.75) is 37.1 Å². The number of carbonyl (C=O) groups is 2. The first-order valence-electron chi connectivity index (χ1n) is 8.91. The van der Waals surface area contributed by atoms with Crippen molar-refractivity contribution in [2.75, 3.05) is 26.2 Å². The predicted molar refractivity (Wildman–Crippen MR) is 92.1 cm³/mol. The summed E-state index contributed by atoms with van der Waals surface area (Å²) in [4.78, 5) is 29.7. The number of nitrogens with zero attached hydrogens (tertiary/aromatic N) is 3. The summed E-state index contributed by atoms with van der Waals surface area (Å²) in [6.07, 6.45) is 4.27. The zero-order valence-electron chi connectivity index (χ0n) is 14.8.